The van der Waals surface area contributed by atoms with Gasteiger partial charge < -0.3 is 29.5 Å². The summed E-state index contributed by atoms with van der Waals surface area (Å²) in [6, 6.07) is 24.1. The van der Waals surface area contributed by atoms with E-state index in [0.29, 0.717) is 44.3 Å². The average molecular weight is 600 g/mol. The molecule has 2 N–H and O–H groups in total. The van der Waals surface area contributed by atoms with E-state index >= 15 is 0 Å². The van der Waals surface area contributed by atoms with Crippen LogP contribution in [-0.2, 0) is 16.0 Å². The molecule has 0 heterocycles. The number of urea groups is 1. The largest absolute Gasteiger partial charge is 0.494 e. The summed E-state index contributed by atoms with van der Waals surface area (Å²) in [6.07, 6.45) is 0.984. The molecule has 2 amide bonds. The number of carboxylic acids is 1. The van der Waals surface area contributed by atoms with Crippen molar-refractivity contribution in [2.24, 2.45) is 0 Å². The van der Waals surface area contributed by atoms with E-state index in [-0.39, 0.29) is 12.5 Å². The van der Waals surface area contributed by atoms with Gasteiger partial charge in [0.25, 0.3) is 0 Å². The minimum absolute atomic E-state index is 0.198. The van der Waals surface area contributed by atoms with E-state index in [1.54, 1.807) is 24.0 Å². The summed E-state index contributed by atoms with van der Waals surface area (Å²) in [5.41, 5.74) is 1.56. The number of hydrogen-bond acceptors (Lipinski definition) is 5. The van der Waals surface area contributed by atoms with E-state index in [1.165, 1.54) is 0 Å². The van der Waals surface area contributed by atoms with Crippen LogP contribution in [0.25, 0.3) is 0 Å². The number of carboxylic acid groups (broad SMARTS) is 1. The predicted octanol–water partition coefficient (Wildman–Crippen LogP) is 6.25. The van der Waals surface area contributed by atoms with Crippen molar-refractivity contribution < 1.29 is 28.9 Å². The lowest BCUT2D eigenvalue weighted by Crippen LogP contribution is -2.38. The molecule has 0 aliphatic carbocycles. The second-order valence-electron chi connectivity index (χ2n) is 8.77. The van der Waals surface area contributed by atoms with Gasteiger partial charge >= 0.3 is 12.0 Å². The minimum atomic E-state index is -0.981. The van der Waals surface area contributed by atoms with Gasteiger partial charge in [0.05, 0.1) is 13.2 Å². The van der Waals surface area contributed by atoms with Crippen molar-refractivity contribution in [1.29, 1.82) is 0 Å². The first kappa shape index (κ1) is 30.0. The minimum Gasteiger partial charge on any atom is -0.494 e. The van der Waals surface area contributed by atoms with Crippen LogP contribution in [0.5, 0.6) is 11.5 Å². The van der Waals surface area contributed by atoms with Crippen LogP contribution in [0.4, 0.5) is 10.5 Å². The van der Waals surface area contributed by atoms with Crippen molar-refractivity contribution in [2.75, 3.05) is 38.2 Å². The first-order valence-electron chi connectivity index (χ1n) is 13.0. The number of unbranched alkanes of at least 4 members (excludes halogenated alkanes) is 1. The van der Waals surface area contributed by atoms with Crippen LogP contribution in [0.2, 0.25) is 0 Å². The van der Waals surface area contributed by atoms with Crippen molar-refractivity contribution in [3.63, 3.8) is 0 Å². The number of benzene rings is 3. The zero-order valence-electron chi connectivity index (χ0n) is 22.1. The van der Waals surface area contributed by atoms with Crippen LogP contribution < -0.4 is 14.8 Å². The maximum absolute atomic E-state index is 13.0. The first-order chi connectivity index (χ1) is 18.9. The van der Waals surface area contributed by atoms with E-state index in [0.717, 1.165) is 28.6 Å². The van der Waals surface area contributed by atoms with Gasteiger partial charge in [-0.15, -0.1) is 0 Å². The molecule has 1 unspecified atom stereocenters. The van der Waals surface area contributed by atoms with Crippen molar-refractivity contribution in [3.05, 3.63) is 88.9 Å². The van der Waals surface area contributed by atoms with Gasteiger partial charge in [-0.2, -0.15) is 0 Å². The standard InChI is InChI=1S/C30H35BrN2O6/c1-2-37-28(29(34)35)22-23-10-16-27(17-11-23)39-21-19-33(30(36)32-25-14-12-24(31)13-15-25)18-6-7-20-38-26-8-4-3-5-9-26/h3-5,8-17,28H,2,6-7,18-22H2,1H3,(H,32,36)(H,34,35). The molecule has 39 heavy (non-hydrogen) atoms. The van der Waals surface area contributed by atoms with Gasteiger partial charge in [0.1, 0.15) is 18.1 Å². The molecule has 3 aromatic rings. The Morgan fingerprint density at radius 2 is 1.54 bits per heavy atom. The maximum Gasteiger partial charge on any atom is 0.333 e. The molecule has 8 nitrogen and oxygen atoms in total. The molecule has 0 radical (unpaired) electrons. The highest BCUT2D eigenvalue weighted by Gasteiger charge is 2.18. The summed E-state index contributed by atoms with van der Waals surface area (Å²) >= 11 is 3.41. The van der Waals surface area contributed by atoms with Crippen LogP contribution in [0.1, 0.15) is 25.3 Å². The van der Waals surface area contributed by atoms with E-state index < -0.39 is 12.1 Å². The van der Waals surface area contributed by atoms with Crippen LogP contribution in [0.3, 0.4) is 0 Å². The Morgan fingerprint density at radius 3 is 2.21 bits per heavy atom. The zero-order valence-corrected chi connectivity index (χ0v) is 23.6. The highest BCUT2D eigenvalue weighted by atomic mass is 79.9. The third kappa shape index (κ3) is 11.0. The summed E-state index contributed by atoms with van der Waals surface area (Å²) < 4.78 is 17.9. The highest BCUT2D eigenvalue weighted by Crippen LogP contribution is 2.17. The van der Waals surface area contributed by atoms with Gasteiger partial charge in [-0.05, 0) is 73.9 Å². The van der Waals surface area contributed by atoms with E-state index in [9.17, 15) is 14.7 Å². The summed E-state index contributed by atoms with van der Waals surface area (Å²) in [4.78, 5) is 26.1. The van der Waals surface area contributed by atoms with E-state index in [4.69, 9.17) is 14.2 Å². The molecule has 208 valence electrons. The van der Waals surface area contributed by atoms with Gasteiger partial charge in [0, 0.05) is 29.7 Å². The van der Waals surface area contributed by atoms with Gasteiger partial charge in [-0.1, -0.05) is 46.3 Å². The topological polar surface area (TPSA) is 97.3 Å². The second kappa shape index (κ2) is 16.4. The molecule has 9 heteroatoms. The number of nitrogens with one attached hydrogen (secondary N) is 1. The molecule has 0 fully saturated rings. The lowest BCUT2D eigenvalue weighted by atomic mass is 10.1. The highest BCUT2D eigenvalue weighted by molar-refractivity contribution is 9.10. The summed E-state index contributed by atoms with van der Waals surface area (Å²) in [7, 11) is 0. The number of anilines is 1. The van der Waals surface area contributed by atoms with Gasteiger partial charge in [0.15, 0.2) is 6.10 Å². The number of ether oxygens (including phenoxy) is 3. The number of aliphatic carboxylic acids is 1. The molecule has 0 bridgehead atoms. The Bertz CT molecular complexity index is 1140. The molecular weight excluding hydrogens is 564 g/mol. The predicted molar refractivity (Wildman–Crippen MR) is 155 cm³/mol. The van der Waals surface area contributed by atoms with Gasteiger partial charge in [-0.25, -0.2) is 9.59 Å². The Kier molecular flexibility index (Phi) is 12.6. The fourth-order valence-corrected chi connectivity index (χ4v) is 4.05. The lowest BCUT2D eigenvalue weighted by Gasteiger charge is -2.23. The van der Waals surface area contributed by atoms with E-state index in [1.807, 2.05) is 66.7 Å². The smallest absolute Gasteiger partial charge is 0.333 e. The Hall–Kier alpha value is -3.56. The number of hydrogen-bond donors (Lipinski definition) is 2. The molecule has 0 spiro atoms. The number of para-hydroxylation sites is 1. The van der Waals surface area contributed by atoms with Crippen LogP contribution in [0, 0.1) is 0 Å². The number of nitrogens with zero attached hydrogens (tertiary/aromatic N) is 1. The molecule has 1 atom stereocenters. The van der Waals surface area contributed by atoms with Crippen molar-refractivity contribution in [1.82, 2.24) is 4.90 Å². The van der Waals surface area contributed by atoms with Crippen molar-refractivity contribution in [2.45, 2.75) is 32.3 Å². The first-order valence-corrected chi connectivity index (χ1v) is 13.8. The van der Waals surface area contributed by atoms with Crippen LogP contribution in [-0.4, -0.2) is 61.0 Å². The number of rotatable bonds is 16. The maximum atomic E-state index is 13.0. The van der Waals surface area contributed by atoms with E-state index in [2.05, 4.69) is 21.2 Å². The molecule has 0 aromatic heterocycles. The van der Waals surface area contributed by atoms with Crippen molar-refractivity contribution in [3.8, 4) is 11.5 Å². The summed E-state index contributed by atoms with van der Waals surface area (Å²) in [5.74, 6) is 0.495. The quantitative estimate of drug-likeness (QED) is 0.189. The molecular formula is C30H35BrN2O6. The Balaban J connectivity index is 1.50. The molecule has 0 aliphatic heterocycles. The molecule has 3 rings (SSSR count). The normalized spacial score (nSPS) is 11.4. The Morgan fingerprint density at radius 1 is 0.872 bits per heavy atom. The monoisotopic (exact) mass is 598 g/mol. The Labute approximate surface area is 238 Å². The lowest BCUT2D eigenvalue weighted by molar-refractivity contribution is -0.149. The molecule has 0 saturated heterocycles. The molecule has 0 aliphatic rings. The second-order valence-corrected chi connectivity index (χ2v) is 9.69. The summed E-state index contributed by atoms with van der Waals surface area (Å²) in [6.45, 7) is 3.94. The van der Waals surface area contributed by atoms with Crippen LogP contribution in [0.15, 0.2) is 83.3 Å². The average Bonchev–Trinajstić information content (AvgIpc) is 2.94. The van der Waals surface area contributed by atoms with Crippen molar-refractivity contribution >= 4 is 33.6 Å². The number of carbonyl (C=O) groups excluding carboxylic acids is 1. The number of carbonyl (C=O) groups is 2. The SMILES string of the molecule is CCOC(Cc1ccc(OCCN(CCCCOc2ccccc2)C(=O)Nc2ccc(Br)cc2)cc1)C(=O)O. The molecule has 0 saturated carbocycles. The number of halogens is 1. The third-order valence-electron chi connectivity index (χ3n) is 5.83. The van der Waals surface area contributed by atoms with Gasteiger partial charge in [-0.3, -0.25) is 0 Å². The fourth-order valence-electron chi connectivity index (χ4n) is 3.79. The van der Waals surface area contributed by atoms with Gasteiger partial charge in [0.2, 0.25) is 0 Å². The fraction of sp³-hybridized carbons (Fsp3) is 0.333. The summed E-state index contributed by atoms with van der Waals surface area (Å²) in [5, 5.41) is 12.2. The zero-order chi connectivity index (χ0) is 27.9. The number of amides is 2. The van der Waals surface area contributed by atoms with Crippen LogP contribution >= 0.6 is 15.9 Å². The third-order valence-corrected chi connectivity index (χ3v) is 6.36. The molecule has 3 aromatic carbocycles.